The van der Waals surface area contributed by atoms with Gasteiger partial charge in [0.25, 0.3) is 0 Å². The van der Waals surface area contributed by atoms with Crippen LogP contribution in [0, 0.1) is 11.7 Å². The number of nitrogens with zero attached hydrogens (tertiary/aromatic N) is 4. The highest BCUT2D eigenvalue weighted by molar-refractivity contribution is 6.30. The van der Waals surface area contributed by atoms with Crippen molar-refractivity contribution in [2.75, 3.05) is 13.1 Å². The zero-order chi connectivity index (χ0) is 22.8. The minimum absolute atomic E-state index is 0.149. The van der Waals surface area contributed by atoms with Crippen LogP contribution in [0.5, 0.6) is 0 Å². The van der Waals surface area contributed by atoms with E-state index < -0.39 is 6.10 Å². The molecule has 1 aliphatic heterocycles. The first-order valence-electron chi connectivity index (χ1n) is 11.9. The number of aliphatic hydroxyl groups is 1. The normalized spacial score (nSPS) is 24.8. The summed E-state index contributed by atoms with van der Waals surface area (Å²) in [6.45, 7) is 1.73. The lowest BCUT2D eigenvalue weighted by Crippen LogP contribution is -2.47. The highest BCUT2D eigenvalue weighted by Crippen LogP contribution is 2.38. The molecule has 1 N–H and O–H groups in total. The SMILES string of the molecule is O[C@H]1C[C@H](c2ccc(Cl)cc2)N(CC2CCCCC2)C[C@H]1n1cc(-c2ccc(F)cc2)nn1. The van der Waals surface area contributed by atoms with Crippen LogP contribution < -0.4 is 0 Å². The van der Waals surface area contributed by atoms with Crippen LogP contribution in [0.4, 0.5) is 4.39 Å². The number of hydrogen-bond acceptors (Lipinski definition) is 4. The fourth-order valence-electron chi connectivity index (χ4n) is 5.41. The highest BCUT2D eigenvalue weighted by atomic mass is 35.5. The predicted octanol–water partition coefficient (Wildman–Crippen LogP) is 5.67. The third kappa shape index (κ3) is 5.13. The summed E-state index contributed by atoms with van der Waals surface area (Å²) in [5, 5.41) is 20.5. The number of likely N-dealkylation sites (tertiary alicyclic amines) is 1. The molecule has 33 heavy (non-hydrogen) atoms. The Labute approximate surface area is 199 Å². The van der Waals surface area contributed by atoms with Crippen molar-refractivity contribution in [3.63, 3.8) is 0 Å². The summed E-state index contributed by atoms with van der Waals surface area (Å²) in [6, 6.07) is 14.2. The van der Waals surface area contributed by atoms with Crippen molar-refractivity contribution < 1.29 is 9.50 Å². The Morgan fingerprint density at radius 3 is 2.45 bits per heavy atom. The summed E-state index contributed by atoms with van der Waals surface area (Å²) in [5.74, 6) is 0.412. The second-order valence-electron chi connectivity index (χ2n) is 9.49. The summed E-state index contributed by atoms with van der Waals surface area (Å²) in [7, 11) is 0. The first-order chi connectivity index (χ1) is 16.1. The predicted molar refractivity (Wildman–Crippen MR) is 127 cm³/mol. The molecule has 0 radical (unpaired) electrons. The number of benzene rings is 2. The topological polar surface area (TPSA) is 54.2 Å². The Morgan fingerprint density at radius 1 is 1.00 bits per heavy atom. The van der Waals surface area contributed by atoms with Gasteiger partial charge in [0.1, 0.15) is 11.5 Å². The lowest BCUT2D eigenvalue weighted by Gasteiger charge is -2.44. The zero-order valence-electron chi connectivity index (χ0n) is 18.7. The number of piperidine rings is 1. The second kappa shape index (κ2) is 9.92. The summed E-state index contributed by atoms with van der Waals surface area (Å²) in [6.07, 6.45) is 8.44. The van der Waals surface area contributed by atoms with Crippen molar-refractivity contribution >= 4 is 11.6 Å². The smallest absolute Gasteiger partial charge is 0.123 e. The molecule has 3 atom stereocenters. The molecular weight excluding hydrogens is 439 g/mol. The average Bonchev–Trinajstić information content (AvgIpc) is 3.32. The van der Waals surface area contributed by atoms with Crippen molar-refractivity contribution in [1.29, 1.82) is 0 Å². The molecule has 1 saturated carbocycles. The molecule has 3 aromatic rings. The third-order valence-corrected chi connectivity index (χ3v) is 7.49. The molecule has 174 valence electrons. The molecule has 0 bridgehead atoms. The molecule has 2 fully saturated rings. The monoisotopic (exact) mass is 468 g/mol. The van der Waals surface area contributed by atoms with Crippen molar-refractivity contribution in [3.8, 4) is 11.3 Å². The van der Waals surface area contributed by atoms with Gasteiger partial charge in [-0.3, -0.25) is 4.90 Å². The fraction of sp³-hybridized carbons (Fsp3) is 0.462. The number of aliphatic hydroxyl groups excluding tert-OH is 1. The Hall–Kier alpha value is -2.28. The fourth-order valence-corrected chi connectivity index (χ4v) is 5.54. The molecule has 2 aromatic carbocycles. The lowest BCUT2D eigenvalue weighted by atomic mass is 9.85. The maximum absolute atomic E-state index is 13.3. The van der Waals surface area contributed by atoms with E-state index in [1.54, 1.807) is 16.8 Å². The number of hydrogen-bond donors (Lipinski definition) is 1. The number of aromatic nitrogens is 3. The van der Waals surface area contributed by atoms with Gasteiger partial charge in [0.05, 0.1) is 18.3 Å². The molecular formula is C26H30ClFN4O. The van der Waals surface area contributed by atoms with Gasteiger partial charge in [-0.05, 0) is 67.1 Å². The Kier molecular flexibility index (Phi) is 6.76. The van der Waals surface area contributed by atoms with Crippen molar-refractivity contribution in [1.82, 2.24) is 19.9 Å². The van der Waals surface area contributed by atoms with E-state index >= 15 is 0 Å². The van der Waals surface area contributed by atoms with Gasteiger partial charge in [-0.1, -0.05) is 48.2 Å². The van der Waals surface area contributed by atoms with Gasteiger partial charge in [0.15, 0.2) is 0 Å². The third-order valence-electron chi connectivity index (χ3n) is 7.23. The average molecular weight is 469 g/mol. The molecule has 0 amide bonds. The van der Waals surface area contributed by atoms with Crippen LogP contribution in [0.25, 0.3) is 11.3 Å². The van der Waals surface area contributed by atoms with E-state index in [0.29, 0.717) is 24.6 Å². The van der Waals surface area contributed by atoms with E-state index in [1.165, 1.54) is 49.8 Å². The van der Waals surface area contributed by atoms with Gasteiger partial charge in [-0.2, -0.15) is 0 Å². The van der Waals surface area contributed by atoms with Crippen molar-refractivity contribution in [3.05, 3.63) is 71.1 Å². The molecule has 1 aromatic heterocycles. The maximum atomic E-state index is 13.3. The van der Waals surface area contributed by atoms with E-state index in [9.17, 15) is 9.50 Å². The highest BCUT2D eigenvalue weighted by Gasteiger charge is 2.38. The first-order valence-corrected chi connectivity index (χ1v) is 12.3. The van der Waals surface area contributed by atoms with E-state index in [2.05, 4.69) is 27.3 Å². The van der Waals surface area contributed by atoms with E-state index in [-0.39, 0.29) is 17.9 Å². The van der Waals surface area contributed by atoms with E-state index in [0.717, 1.165) is 17.1 Å². The molecule has 1 aliphatic carbocycles. The summed E-state index contributed by atoms with van der Waals surface area (Å²) >= 11 is 6.13. The zero-order valence-corrected chi connectivity index (χ0v) is 19.4. The summed E-state index contributed by atoms with van der Waals surface area (Å²) in [5.41, 5.74) is 2.69. The van der Waals surface area contributed by atoms with Crippen LogP contribution in [0.15, 0.2) is 54.7 Å². The number of halogens is 2. The van der Waals surface area contributed by atoms with Gasteiger partial charge in [-0.15, -0.1) is 5.10 Å². The quantitative estimate of drug-likeness (QED) is 0.524. The van der Waals surface area contributed by atoms with Gasteiger partial charge in [-0.25, -0.2) is 9.07 Å². The molecule has 2 aliphatic rings. The van der Waals surface area contributed by atoms with Crippen LogP contribution in [-0.2, 0) is 0 Å². The molecule has 0 unspecified atom stereocenters. The number of rotatable bonds is 5. The van der Waals surface area contributed by atoms with Gasteiger partial charge in [0, 0.05) is 29.7 Å². The van der Waals surface area contributed by atoms with Crippen LogP contribution in [0.3, 0.4) is 0 Å². The van der Waals surface area contributed by atoms with Crippen LogP contribution in [0.1, 0.15) is 56.2 Å². The first kappa shape index (κ1) is 22.5. The van der Waals surface area contributed by atoms with Crippen molar-refractivity contribution in [2.45, 2.75) is 56.7 Å². The standard InChI is InChI=1S/C26H30ClFN4O/c27-21-10-6-20(7-11-21)24-14-26(33)25(17-31(24)15-18-4-2-1-3-5-18)32-16-23(29-30-32)19-8-12-22(28)13-9-19/h6-13,16,18,24-26,33H,1-5,14-15,17H2/t24-,25-,26+/m1/s1. The Balaban J connectivity index is 1.39. The second-order valence-corrected chi connectivity index (χ2v) is 9.92. The van der Waals surface area contributed by atoms with Crippen molar-refractivity contribution in [2.24, 2.45) is 5.92 Å². The molecule has 0 spiro atoms. The van der Waals surface area contributed by atoms with E-state index in [4.69, 9.17) is 11.6 Å². The maximum Gasteiger partial charge on any atom is 0.123 e. The summed E-state index contributed by atoms with van der Waals surface area (Å²) < 4.78 is 15.1. The Morgan fingerprint density at radius 2 is 1.73 bits per heavy atom. The molecule has 7 heteroatoms. The van der Waals surface area contributed by atoms with Gasteiger partial charge >= 0.3 is 0 Å². The molecule has 2 heterocycles. The Bertz CT molecular complexity index is 1050. The van der Waals surface area contributed by atoms with Gasteiger partial charge in [0.2, 0.25) is 0 Å². The van der Waals surface area contributed by atoms with Crippen LogP contribution in [0.2, 0.25) is 5.02 Å². The summed E-state index contributed by atoms with van der Waals surface area (Å²) in [4.78, 5) is 2.52. The minimum Gasteiger partial charge on any atom is -0.391 e. The minimum atomic E-state index is -0.545. The largest absolute Gasteiger partial charge is 0.391 e. The van der Waals surface area contributed by atoms with Crippen LogP contribution in [-0.4, -0.2) is 44.2 Å². The molecule has 5 nitrogen and oxygen atoms in total. The molecule has 5 rings (SSSR count). The van der Waals surface area contributed by atoms with E-state index in [1.807, 2.05) is 18.3 Å². The lowest BCUT2D eigenvalue weighted by molar-refractivity contribution is -0.0154. The van der Waals surface area contributed by atoms with Gasteiger partial charge < -0.3 is 5.11 Å². The van der Waals surface area contributed by atoms with Crippen LogP contribution >= 0.6 is 11.6 Å². The molecule has 1 saturated heterocycles.